The second-order valence-corrected chi connectivity index (χ2v) is 18.4. The third kappa shape index (κ3) is 36.6. The van der Waals surface area contributed by atoms with Gasteiger partial charge in [0.15, 0.2) is 6.29 Å². The largest absolute Gasteiger partial charge is 0.457 e. The van der Waals surface area contributed by atoms with Crippen molar-refractivity contribution >= 4 is 16.4 Å². The van der Waals surface area contributed by atoms with E-state index >= 15 is 0 Å². The van der Waals surface area contributed by atoms with Crippen LogP contribution in [-0.2, 0) is 38.3 Å². The van der Waals surface area contributed by atoms with Gasteiger partial charge in [0.1, 0.15) is 30.5 Å². The first-order chi connectivity index (χ1) is 32.1. The minimum Gasteiger partial charge on any atom is -0.457 e. The van der Waals surface area contributed by atoms with Crippen LogP contribution in [0.4, 0.5) is 0 Å². The molecule has 0 aromatic rings. The normalized spacial score (nSPS) is 20.1. The number of aliphatic hydroxyl groups is 3. The summed E-state index contributed by atoms with van der Waals surface area (Å²) in [5, 5.41) is 30.8. The fourth-order valence-electron chi connectivity index (χ4n) is 7.50. The average molecular weight is 953 g/mol. The first kappa shape index (κ1) is 61.6. The number of carbonyl (C=O) groups is 1. The van der Waals surface area contributed by atoms with E-state index in [4.69, 9.17) is 18.9 Å². The molecule has 1 aliphatic heterocycles. The Bertz CT molecular complexity index is 1420. The molecule has 4 N–H and O–H groups in total. The van der Waals surface area contributed by atoms with Crippen molar-refractivity contribution in [3.8, 4) is 0 Å². The highest BCUT2D eigenvalue weighted by molar-refractivity contribution is 7.80. The van der Waals surface area contributed by atoms with Crippen molar-refractivity contribution in [2.24, 2.45) is 0 Å². The fraction of sp³-hybridized carbons (Fsp3) is 0.755. The summed E-state index contributed by atoms with van der Waals surface area (Å²) in [6.07, 6.45) is 47.9. The molecule has 0 radical (unpaired) electrons. The predicted molar refractivity (Wildman–Crippen MR) is 266 cm³/mol. The minimum absolute atomic E-state index is 0.0117. The molecular weight excluding hydrogens is 861 g/mol. The van der Waals surface area contributed by atoms with Crippen molar-refractivity contribution in [1.29, 1.82) is 0 Å². The molecule has 0 aromatic carbocycles. The number of carbonyl (C=O) groups excluding carboxylic acids is 1. The van der Waals surface area contributed by atoms with Gasteiger partial charge in [0.2, 0.25) is 0 Å². The third-order valence-electron chi connectivity index (χ3n) is 11.3. The smallest absolute Gasteiger partial charge is 0.397 e. The molecule has 1 aliphatic rings. The van der Waals surface area contributed by atoms with Gasteiger partial charge in [-0.1, -0.05) is 196 Å². The lowest BCUT2D eigenvalue weighted by Crippen LogP contribution is -2.60. The topological polar surface area (TPSA) is 178 Å². The highest BCUT2D eigenvalue weighted by Crippen LogP contribution is 2.26. The molecule has 0 amide bonds. The molecule has 1 rings (SSSR count). The monoisotopic (exact) mass is 953 g/mol. The molecule has 382 valence electrons. The van der Waals surface area contributed by atoms with Gasteiger partial charge in [-0.2, -0.15) is 8.42 Å². The molecule has 0 aromatic heterocycles. The first-order valence-corrected chi connectivity index (χ1v) is 27.1. The second-order valence-electron chi connectivity index (χ2n) is 17.4. The summed E-state index contributed by atoms with van der Waals surface area (Å²) in [5.74, 6) is -0.411. The van der Waals surface area contributed by atoms with Gasteiger partial charge in [0.05, 0.1) is 19.8 Å². The molecule has 6 unspecified atom stereocenters. The van der Waals surface area contributed by atoms with E-state index in [1.165, 1.54) is 83.5 Å². The zero-order chi connectivity index (χ0) is 48.2. The Morgan fingerprint density at radius 1 is 0.591 bits per heavy atom. The van der Waals surface area contributed by atoms with Crippen LogP contribution in [0.15, 0.2) is 72.9 Å². The minimum atomic E-state index is -5.07. The van der Waals surface area contributed by atoms with E-state index in [1.807, 2.05) is 0 Å². The van der Waals surface area contributed by atoms with Crippen molar-refractivity contribution in [1.82, 2.24) is 0 Å². The molecule has 66 heavy (non-hydrogen) atoms. The van der Waals surface area contributed by atoms with Crippen LogP contribution >= 0.6 is 0 Å². The SMILES string of the molecule is CC/C=C\C/C=C\C/C=C\C/C=C\C/C=C\C/C=C\CCCCCOCC(COC1OC(CO)C(O)C(OS(=O)(=O)O)C1O)OC(=O)CCCCCCCCCCCCCCCCCCC. The van der Waals surface area contributed by atoms with Crippen molar-refractivity contribution in [2.75, 3.05) is 26.4 Å². The molecule has 6 atom stereocenters. The van der Waals surface area contributed by atoms with Crippen LogP contribution in [-0.4, -0.2) is 97.5 Å². The molecule has 1 heterocycles. The standard InChI is InChI=1S/C53H92O12S/c1-3-5-7-9-11-13-15-17-19-21-22-23-24-25-27-29-31-33-35-37-39-41-43-61-45-47(46-62-53-51(57)52(65-66(58,59)60)50(56)48(44-54)64-53)63-49(55)42-40-38-36-34-32-30-28-26-20-18-16-14-12-10-8-6-4-2/h5,7,11,13,17,19,22-23,25,27,31,33,47-48,50-54,56-57H,3-4,6,8-10,12,14-16,18,20-21,24,26,28-30,32,34-46H2,1-2H3,(H,58,59,60)/b7-5-,13-11-,19-17-,23-22-,27-25-,33-31-. The molecule has 0 spiro atoms. The van der Waals surface area contributed by atoms with Gasteiger partial charge in [0.25, 0.3) is 0 Å². The fourth-order valence-corrected chi connectivity index (χ4v) is 8.01. The molecule has 12 nitrogen and oxygen atoms in total. The van der Waals surface area contributed by atoms with Gasteiger partial charge in [-0.05, 0) is 64.2 Å². The Hall–Kier alpha value is -2.46. The number of hydrogen-bond donors (Lipinski definition) is 4. The van der Waals surface area contributed by atoms with Gasteiger partial charge in [-0.15, -0.1) is 0 Å². The number of allylic oxidation sites excluding steroid dienone is 12. The van der Waals surface area contributed by atoms with E-state index in [0.29, 0.717) is 13.0 Å². The Kier molecular flexibility index (Phi) is 40.8. The number of aliphatic hydroxyl groups excluding tert-OH is 3. The Morgan fingerprint density at radius 2 is 1.05 bits per heavy atom. The van der Waals surface area contributed by atoms with Crippen molar-refractivity contribution in [2.45, 2.75) is 230 Å². The van der Waals surface area contributed by atoms with E-state index < -0.39 is 59.8 Å². The predicted octanol–water partition coefficient (Wildman–Crippen LogP) is 11.9. The Labute approximate surface area is 401 Å². The molecule has 0 bridgehead atoms. The molecule has 0 aliphatic carbocycles. The Morgan fingerprint density at radius 3 is 1.52 bits per heavy atom. The highest BCUT2D eigenvalue weighted by atomic mass is 32.3. The van der Waals surface area contributed by atoms with E-state index in [1.54, 1.807) is 0 Å². The van der Waals surface area contributed by atoms with Crippen LogP contribution in [0.3, 0.4) is 0 Å². The summed E-state index contributed by atoms with van der Waals surface area (Å²) >= 11 is 0. The maximum atomic E-state index is 12.9. The van der Waals surface area contributed by atoms with Gasteiger partial charge in [0, 0.05) is 13.0 Å². The zero-order valence-corrected chi connectivity index (χ0v) is 41.8. The van der Waals surface area contributed by atoms with Crippen LogP contribution < -0.4 is 0 Å². The molecule has 1 saturated heterocycles. The van der Waals surface area contributed by atoms with Gasteiger partial charge >= 0.3 is 16.4 Å². The number of esters is 1. The van der Waals surface area contributed by atoms with Crippen LogP contribution in [0, 0.1) is 0 Å². The summed E-state index contributed by atoms with van der Waals surface area (Å²) in [7, 11) is -5.07. The van der Waals surface area contributed by atoms with Crippen LogP contribution in [0.5, 0.6) is 0 Å². The zero-order valence-electron chi connectivity index (χ0n) is 41.0. The third-order valence-corrected chi connectivity index (χ3v) is 11.8. The van der Waals surface area contributed by atoms with E-state index in [2.05, 4.69) is 90.9 Å². The second kappa shape index (κ2) is 43.8. The average Bonchev–Trinajstić information content (AvgIpc) is 3.29. The molecule has 13 heteroatoms. The van der Waals surface area contributed by atoms with E-state index in [0.717, 1.165) is 83.5 Å². The number of hydrogen-bond acceptors (Lipinski definition) is 11. The number of unbranched alkanes of at least 4 members (excludes halogenated alkanes) is 19. The quantitative estimate of drug-likeness (QED) is 0.0197. The van der Waals surface area contributed by atoms with Crippen LogP contribution in [0.1, 0.15) is 194 Å². The molecule has 0 saturated carbocycles. The lowest BCUT2D eigenvalue weighted by atomic mass is 9.99. The summed E-state index contributed by atoms with van der Waals surface area (Å²) in [5.41, 5.74) is 0. The maximum absolute atomic E-state index is 12.9. The lowest BCUT2D eigenvalue weighted by Gasteiger charge is -2.41. The summed E-state index contributed by atoms with van der Waals surface area (Å²) in [4.78, 5) is 12.9. The van der Waals surface area contributed by atoms with Crippen LogP contribution in [0.2, 0.25) is 0 Å². The van der Waals surface area contributed by atoms with Crippen molar-refractivity contribution in [3.05, 3.63) is 72.9 Å². The van der Waals surface area contributed by atoms with Crippen molar-refractivity contribution < 1.29 is 56.2 Å². The molecule has 1 fully saturated rings. The summed E-state index contributed by atoms with van der Waals surface area (Å²) < 4.78 is 59.2. The van der Waals surface area contributed by atoms with E-state index in [9.17, 15) is 33.1 Å². The number of rotatable bonds is 44. The van der Waals surface area contributed by atoms with Crippen molar-refractivity contribution in [3.63, 3.8) is 0 Å². The summed E-state index contributed by atoms with van der Waals surface area (Å²) in [6, 6.07) is 0. The van der Waals surface area contributed by atoms with Gasteiger partial charge in [-0.3, -0.25) is 9.35 Å². The number of ether oxygens (including phenoxy) is 4. The van der Waals surface area contributed by atoms with E-state index in [-0.39, 0.29) is 19.6 Å². The highest BCUT2D eigenvalue weighted by Gasteiger charge is 2.48. The van der Waals surface area contributed by atoms with Gasteiger partial charge in [-0.25, -0.2) is 4.18 Å². The summed E-state index contributed by atoms with van der Waals surface area (Å²) in [6.45, 7) is 3.81. The van der Waals surface area contributed by atoms with Gasteiger partial charge < -0.3 is 34.3 Å². The Balaban J connectivity index is 2.40. The lowest BCUT2D eigenvalue weighted by molar-refractivity contribution is -0.301. The van der Waals surface area contributed by atoms with Crippen LogP contribution in [0.25, 0.3) is 0 Å². The molecular formula is C53H92O12S. The first-order valence-electron chi connectivity index (χ1n) is 25.7. The maximum Gasteiger partial charge on any atom is 0.397 e.